The zero-order valence-corrected chi connectivity index (χ0v) is 11.5. The van der Waals surface area contributed by atoms with E-state index in [-0.39, 0.29) is 17.9 Å². The minimum absolute atomic E-state index is 0.0441. The van der Waals surface area contributed by atoms with E-state index in [4.69, 9.17) is 0 Å². The molecule has 2 amide bonds. The van der Waals surface area contributed by atoms with Gasteiger partial charge in [-0.25, -0.2) is 0 Å². The number of imide groups is 1. The van der Waals surface area contributed by atoms with Crippen LogP contribution in [-0.2, 0) is 9.59 Å². The summed E-state index contributed by atoms with van der Waals surface area (Å²) < 4.78 is 0. The van der Waals surface area contributed by atoms with Crippen LogP contribution < -0.4 is 5.32 Å². The van der Waals surface area contributed by atoms with Gasteiger partial charge in [-0.1, -0.05) is 6.42 Å². The average Bonchev–Trinajstić information content (AvgIpc) is 2.58. The third-order valence-electron chi connectivity index (χ3n) is 2.98. The Bertz CT molecular complexity index is 271. The fourth-order valence-corrected chi connectivity index (χ4v) is 2.49. The Morgan fingerprint density at radius 2 is 2.12 bits per heavy atom. The van der Waals surface area contributed by atoms with Crippen LogP contribution in [0.15, 0.2) is 0 Å². The highest BCUT2D eigenvalue weighted by Gasteiger charge is 2.36. The lowest BCUT2D eigenvalue weighted by molar-refractivity contribution is -0.138. The number of nitrogens with one attached hydrogen (secondary N) is 1. The maximum atomic E-state index is 11.8. The van der Waals surface area contributed by atoms with E-state index in [1.165, 1.54) is 23.5 Å². The van der Waals surface area contributed by atoms with E-state index in [1.54, 1.807) is 0 Å². The van der Waals surface area contributed by atoms with Crippen LogP contribution in [0.2, 0.25) is 0 Å². The first kappa shape index (κ1) is 14.5. The van der Waals surface area contributed by atoms with Gasteiger partial charge in [-0.3, -0.25) is 14.5 Å². The molecule has 1 fully saturated rings. The molecule has 1 aliphatic rings. The highest BCUT2D eigenvalue weighted by molar-refractivity contribution is 7.98. The van der Waals surface area contributed by atoms with Crippen LogP contribution in [0.3, 0.4) is 0 Å². The lowest BCUT2D eigenvalue weighted by Gasteiger charge is -2.12. The number of carbonyl (C=O) groups excluding carboxylic acids is 2. The maximum Gasteiger partial charge on any atom is 0.246 e. The number of nitrogens with zero attached hydrogens (tertiary/aromatic N) is 1. The van der Waals surface area contributed by atoms with Gasteiger partial charge in [-0.05, 0) is 38.3 Å². The van der Waals surface area contributed by atoms with Crippen molar-refractivity contribution in [3.8, 4) is 0 Å². The Morgan fingerprint density at radius 1 is 1.35 bits per heavy atom. The Kier molecular flexibility index (Phi) is 6.58. The number of unbranched alkanes of at least 4 members (excludes halogenated alkanes) is 2. The molecular formula is C12H22N2O2S. The zero-order chi connectivity index (χ0) is 12.7. The molecule has 0 aliphatic carbocycles. The van der Waals surface area contributed by atoms with Crippen molar-refractivity contribution in [3.63, 3.8) is 0 Å². The van der Waals surface area contributed by atoms with Crippen LogP contribution in [0, 0.1) is 0 Å². The van der Waals surface area contributed by atoms with Crippen molar-refractivity contribution in [2.24, 2.45) is 0 Å². The van der Waals surface area contributed by atoms with Crippen molar-refractivity contribution in [1.82, 2.24) is 10.2 Å². The van der Waals surface area contributed by atoms with Gasteiger partial charge in [0.05, 0.1) is 12.5 Å². The Balaban J connectivity index is 2.16. The molecule has 17 heavy (non-hydrogen) atoms. The summed E-state index contributed by atoms with van der Waals surface area (Å²) in [6, 6.07) is -0.275. The maximum absolute atomic E-state index is 11.8. The molecule has 4 nitrogen and oxygen atoms in total. The summed E-state index contributed by atoms with van der Waals surface area (Å²) in [5, 5.41) is 3.18. The molecule has 1 saturated heterocycles. The van der Waals surface area contributed by atoms with Crippen molar-refractivity contribution in [1.29, 1.82) is 0 Å². The van der Waals surface area contributed by atoms with Crippen molar-refractivity contribution in [2.75, 3.05) is 25.1 Å². The van der Waals surface area contributed by atoms with Crippen LogP contribution in [0.1, 0.15) is 32.6 Å². The third-order valence-corrected chi connectivity index (χ3v) is 3.67. The quantitative estimate of drug-likeness (QED) is 0.526. The molecule has 0 saturated carbocycles. The highest BCUT2D eigenvalue weighted by Crippen LogP contribution is 2.12. The molecule has 1 aliphatic heterocycles. The van der Waals surface area contributed by atoms with Gasteiger partial charge in [0, 0.05) is 6.54 Å². The van der Waals surface area contributed by atoms with E-state index in [0.717, 1.165) is 13.0 Å². The highest BCUT2D eigenvalue weighted by atomic mass is 32.2. The summed E-state index contributed by atoms with van der Waals surface area (Å²) in [4.78, 5) is 24.6. The Morgan fingerprint density at radius 3 is 2.71 bits per heavy atom. The first-order valence-corrected chi connectivity index (χ1v) is 7.66. The van der Waals surface area contributed by atoms with Gasteiger partial charge in [0.25, 0.3) is 0 Å². The van der Waals surface area contributed by atoms with Crippen LogP contribution in [0.4, 0.5) is 0 Å². The predicted molar refractivity (Wildman–Crippen MR) is 71.0 cm³/mol. The molecular weight excluding hydrogens is 236 g/mol. The molecule has 98 valence electrons. The van der Waals surface area contributed by atoms with Crippen LogP contribution in [0.25, 0.3) is 0 Å². The van der Waals surface area contributed by atoms with Crippen LogP contribution in [0.5, 0.6) is 0 Å². The topological polar surface area (TPSA) is 49.4 Å². The number of hydrogen-bond donors (Lipinski definition) is 1. The summed E-state index contributed by atoms with van der Waals surface area (Å²) in [5.41, 5.74) is 0. The van der Waals surface area contributed by atoms with E-state index in [2.05, 4.69) is 11.6 Å². The number of amides is 2. The molecule has 1 N–H and O–H groups in total. The zero-order valence-electron chi connectivity index (χ0n) is 10.7. The molecule has 1 heterocycles. The second-order valence-electron chi connectivity index (χ2n) is 4.24. The van der Waals surface area contributed by atoms with Gasteiger partial charge >= 0.3 is 0 Å². The minimum Gasteiger partial charge on any atom is -0.305 e. The predicted octanol–water partition coefficient (Wildman–Crippen LogP) is 1.26. The summed E-state index contributed by atoms with van der Waals surface area (Å²) in [6.45, 7) is 3.15. The van der Waals surface area contributed by atoms with Crippen molar-refractivity contribution < 1.29 is 9.59 Å². The van der Waals surface area contributed by atoms with Gasteiger partial charge in [0.2, 0.25) is 11.8 Å². The monoisotopic (exact) mass is 258 g/mol. The smallest absolute Gasteiger partial charge is 0.246 e. The number of hydrogen-bond acceptors (Lipinski definition) is 4. The summed E-state index contributed by atoms with van der Waals surface area (Å²) in [7, 11) is 0. The molecule has 1 atom stereocenters. The standard InChI is InChI=1S/C12H22N2O2S/c1-3-14-11(15)9-10(12(14)16)13-7-5-4-6-8-17-2/h10,13H,3-9H2,1-2H3. The number of likely N-dealkylation sites (N-methyl/N-ethyl adjacent to an activating group) is 1. The minimum atomic E-state index is -0.275. The molecule has 5 heteroatoms. The van der Waals surface area contributed by atoms with Gasteiger partial charge < -0.3 is 5.32 Å². The van der Waals surface area contributed by atoms with Gasteiger partial charge in [0.15, 0.2) is 0 Å². The lowest BCUT2D eigenvalue weighted by atomic mass is 10.2. The number of rotatable bonds is 8. The normalized spacial score (nSPS) is 20.4. The van der Waals surface area contributed by atoms with Crippen molar-refractivity contribution >= 4 is 23.6 Å². The first-order chi connectivity index (χ1) is 8.20. The molecule has 0 spiro atoms. The van der Waals surface area contributed by atoms with E-state index < -0.39 is 0 Å². The molecule has 0 radical (unpaired) electrons. The lowest BCUT2D eigenvalue weighted by Crippen LogP contribution is -2.39. The van der Waals surface area contributed by atoms with Crippen molar-refractivity contribution in [3.05, 3.63) is 0 Å². The average molecular weight is 258 g/mol. The second-order valence-corrected chi connectivity index (χ2v) is 5.23. The number of thioether (sulfide) groups is 1. The number of carbonyl (C=O) groups is 2. The summed E-state index contributed by atoms with van der Waals surface area (Å²) in [5.74, 6) is 1.10. The summed E-state index contributed by atoms with van der Waals surface area (Å²) in [6.07, 6.45) is 5.92. The first-order valence-electron chi connectivity index (χ1n) is 6.27. The van der Waals surface area contributed by atoms with Gasteiger partial charge in [-0.2, -0.15) is 11.8 Å². The van der Waals surface area contributed by atoms with Gasteiger partial charge in [0.1, 0.15) is 0 Å². The van der Waals surface area contributed by atoms with Crippen LogP contribution in [-0.4, -0.2) is 47.9 Å². The van der Waals surface area contributed by atoms with E-state index >= 15 is 0 Å². The number of likely N-dealkylation sites (tertiary alicyclic amines) is 1. The fourth-order valence-electron chi connectivity index (χ4n) is 2.00. The van der Waals surface area contributed by atoms with Crippen molar-refractivity contribution in [2.45, 2.75) is 38.6 Å². The molecule has 0 aromatic rings. The van der Waals surface area contributed by atoms with Gasteiger partial charge in [-0.15, -0.1) is 0 Å². The summed E-state index contributed by atoms with van der Waals surface area (Å²) >= 11 is 1.86. The Hall–Kier alpha value is -0.550. The molecule has 1 rings (SSSR count). The fraction of sp³-hybridized carbons (Fsp3) is 0.833. The largest absolute Gasteiger partial charge is 0.305 e. The molecule has 0 aromatic carbocycles. The van der Waals surface area contributed by atoms with Crippen LogP contribution >= 0.6 is 11.8 Å². The molecule has 0 bridgehead atoms. The van der Waals surface area contributed by atoms with E-state index in [0.29, 0.717) is 13.0 Å². The Labute approximate surface area is 108 Å². The SMILES string of the molecule is CCN1C(=O)CC(NCCCCCSC)C1=O. The second kappa shape index (κ2) is 7.71. The van der Waals surface area contributed by atoms with E-state index in [1.807, 2.05) is 18.7 Å². The molecule has 0 aromatic heterocycles. The molecule has 1 unspecified atom stereocenters. The van der Waals surface area contributed by atoms with E-state index in [9.17, 15) is 9.59 Å². The third kappa shape index (κ3) is 4.32.